The van der Waals surface area contributed by atoms with Crippen LogP contribution in [0.4, 0.5) is 21.7 Å². The number of allylic oxidation sites excluding steroid dienone is 1. The van der Waals surface area contributed by atoms with Gasteiger partial charge in [0.05, 0.1) is 25.5 Å². The lowest BCUT2D eigenvalue weighted by Gasteiger charge is -2.45. The lowest BCUT2D eigenvalue weighted by molar-refractivity contribution is -0.137. The summed E-state index contributed by atoms with van der Waals surface area (Å²) in [6.07, 6.45) is 8.20. The minimum absolute atomic E-state index is 0.0410. The minimum atomic E-state index is -1.64. The average molecular weight is 571 g/mol. The summed E-state index contributed by atoms with van der Waals surface area (Å²) in [5, 5.41) is 7.11. The standard InChI is InChI=1S/C31H35FN8O2/c1-2-16-39-28(41)24-19-34-29(37-27(24)40(39)26-5-3-4-25(36-26)31(32)20-42-21-31)35-22-6-8-23(9-7-22)38-17-12-30(13-18-38)10-14-33-15-11-30/h2-9,19,33H,1,10-18,20-21H2,(H,34,35,37). The number of halogens is 1. The van der Waals surface area contributed by atoms with E-state index in [-0.39, 0.29) is 31.0 Å². The summed E-state index contributed by atoms with van der Waals surface area (Å²) >= 11 is 0. The van der Waals surface area contributed by atoms with Gasteiger partial charge in [0.15, 0.2) is 17.1 Å². The average Bonchev–Trinajstić information content (AvgIpc) is 3.28. The van der Waals surface area contributed by atoms with Crippen LogP contribution in [-0.4, -0.2) is 63.7 Å². The zero-order valence-electron chi connectivity index (χ0n) is 23.6. The maximum Gasteiger partial charge on any atom is 0.278 e. The molecule has 11 heteroatoms. The highest BCUT2D eigenvalue weighted by Crippen LogP contribution is 2.40. The van der Waals surface area contributed by atoms with Crippen LogP contribution in [0, 0.1) is 5.41 Å². The Morgan fingerprint density at radius 2 is 1.81 bits per heavy atom. The summed E-state index contributed by atoms with van der Waals surface area (Å²) in [7, 11) is 0. The molecule has 7 rings (SSSR count). The topological polar surface area (TPSA) is 102 Å². The quantitative estimate of drug-likeness (QED) is 0.321. The number of anilines is 3. The second-order valence-corrected chi connectivity index (χ2v) is 11.7. The van der Waals surface area contributed by atoms with Crippen molar-refractivity contribution < 1.29 is 9.13 Å². The normalized spacial score (nSPS) is 19.5. The van der Waals surface area contributed by atoms with Gasteiger partial charge in [0.2, 0.25) is 5.95 Å². The van der Waals surface area contributed by atoms with Gasteiger partial charge in [-0.2, -0.15) is 4.98 Å². The second-order valence-electron chi connectivity index (χ2n) is 11.7. The van der Waals surface area contributed by atoms with Gasteiger partial charge < -0.3 is 20.3 Å². The smallest absolute Gasteiger partial charge is 0.278 e. The number of ether oxygens (including phenoxy) is 1. The molecule has 3 saturated heterocycles. The molecule has 1 spiro atoms. The molecule has 0 saturated carbocycles. The molecule has 0 aliphatic carbocycles. The van der Waals surface area contributed by atoms with Crippen molar-refractivity contribution in [3.8, 4) is 5.82 Å². The Labute approximate surface area is 243 Å². The number of hydrogen-bond donors (Lipinski definition) is 2. The SMILES string of the molecule is C=CCn1c(=O)c2cnc(Nc3ccc(N4CCC5(CCNCC5)CC4)cc3)nc2n1-c1cccc(C2(F)COC2)n1. The Kier molecular flexibility index (Phi) is 6.78. The van der Waals surface area contributed by atoms with Gasteiger partial charge in [-0.05, 0) is 80.6 Å². The van der Waals surface area contributed by atoms with E-state index >= 15 is 4.39 Å². The first-order valence-electron chi connectivity index (χ1n) is 14.6. The van der Waals surface area contributed by atoms with Crippen LogP contribution >= 0.6 is 0 Å². The summed E-state index contributed by atoms with van der Waals surface area (Å²) < 4.78 is 23.3. The van der Waals surface area contributed by atoms with Crippen LogP contribution in [0.5, 0.6) is 0 Å². The van der Waals surface area contributed by atoms with Gasteiger partial charge in [-0.25, -0.2) is 23.7 Å². The van der Waals surface area contributed by atoms with Crippen LogP contribution in [0.2, 0.25) is 0 Å². The Balaban J connectivity index is 1.14. The number of piperidine rings is 2. The molecule has 6 heterocycles. The van der Waals surface area contributed by atoms with Crippen LogP contribution in [-0.2, 0) is 17.0 Å². The maximum atomic E-state index is 15.1. The predicted octanol–water partition coefficient (Wildman–Crippen LogP) is 4.07. The fourth-order valence-electron chi connectivity index (χ4n) is 6.41. The first-order chi connectivity index (χ1) is 20.5. The lowest BCUT2D eigenvalue weighted by atomic mass is 9.71. The van der Waals surface area contributed by atoms with Crippen molar-refractivity contribution in [2.24, 2.45) is 5.41 Å². The second kappa shape index (κ2) is 10.6. The van der Waals surface area contributed by atoms with E-state index in [1.54, 1.807) is 29.0 Å². The fourth-order valence-corrected chi connectivity index (χ4v) is 6.41. The molecule has 0 bridgehead atoms. The summed E-state index contributed by atoms with van der Waals surface area (Å²) in [5.74, 6) is 0.725. The van der Waals surface area contributed by atoms with E-state index in [0.717, 1.165) is 31.9 Å². The van der Waals surface area contributed by atoms with Crippen molar-refractivity contribution >= 4 is 28.4 Å². The maximum absolute atomic E-state index is 15.1. The van der Waals surface area contributed by atoms with Crippen LogP contribution < -0.4 is 21.1 Å². The lowest BCUT2D eigenvalue weighted by Crippen LogP contribution is -2.45. The molecule has 218 valence electrons. The number of nitrogens with one attached hydrogen (secondary N) is 2. The number of alkyl halides is 1. The Bertz CT molecular complexity index is 1660. The van der Waals surface area contributed by atoms with Crippen LogP contribution in [0.25, 0.3) is 16.9 Å². The van der Waals surface area contributed by atoms with Gasteiger partial charge in [-0.3, -0.25) is 4.79 Å². The molecule has 3 fully saturated rings. The molecule has 2 N–H and O–H groups in total. The summed E-state index contributed by atoms with van der Waals surface area (Å²) in [4.78, 5) is 29.5. The van der Waals surface area contributed by atoms with Crippen LogP contribution in [0.15, 0.2) is 66.1 Å². The summed E-state index contributed by atoms with van der Waals surface area (Å²) in [6.45, 7) is 8.38. The third kappa shape index (κ3) is 4.76. The zero-order chi connectivity index (χ0) is 28.7. The number of aromatic nitrogens is 5. The largest absolute Gasteiger partial charge is 0.374 e. The van der Waals surface area contributed by atoms with Crippen molar-refractivity contribution in [3.63, 3.8) is 0 Å². The van der Waals surface area contributed by atoms with Crippen molar-refractivity contribution in [3.05, 3.63) is 77.4 Å². The van der Waals surface area contributed by atoms with E-state index < -0.39 is 5.67 Å². The number of benzene rings is 1. The molecular formula is C31H35FN8O2. The first-order valence-corrected chi connectivity index (χ1v) is 14.6. The molecule has 0 radical (unpaired) electrons. The van der Waals surface area contributed by atoms with Crippen molar-refractivity contribution in [1.82, 2.24) is 29.6 Å². The van der Waals surface area contributed by atoms with Gasteiger partial charge >= 0.3 is 0 Å². The summed E-state index contributed by atoms with van der Waals surface area (Å²) in [5.41, 5.74) is 1.29. The predicted molar refractivity (Wildman–Crippen MR) is 160 cm³/mol. The van der Waals surface area contributed by atoms with Gasteiger partial charge in [0.1, 0.15) is 5.39 Å². The highest BCUT2D eigenvalue weighted by molar-refractivity contribution is 5.77. The molecule has 42 heavy (non-hydrogen) atoms. The van der Waals surface area contributed by atoms with Crippen molar-refractivity contribution in [1.29, 1.82) is 0 Å². The molecule has 4 aromatic rings. The number of fused-ring (bicyclic) bond motifs is 1. The van der Waals surface area contributed by atoms with E-state index in [2.05, 4.69) is 44.2 Å². The van der Waals surface area contributed by atoms with Gasteiger partial charge in [0, 0.05) is 30.7 Å². The third-order valence-electron chi connectivity index (χ3n) is 9.03. The van der Waals surface area contributed by atoms with Crippen molar-refractivity contribution in [2.75, 3.05) is 49.6 Å². The van der Waals surface area contributed by atoms with Gasteiger partial charge in [-0.15, -0.1) is 6.58 Å². The van der Waals surface area contributed by atoms with Gasteiger partial charge in [0.25, 0.3) is 5.56 Å². The van der Waals surface area contributed by atoms with Crippen molar-refractivity contribution in [2.45, 2.75) is 37.9 Å². The number of nitrogens with zero attached hydrogens (tertiary/aromatic N) is 6. The molecule has 0 amide bonds. The van der Waals surface area contributed by atoms with E-state index in [4.69, 9.17) is 9.72 Å². The Hall–Kier alpha value is -4.09. The molecule has 3 aliphatic rings. The first kappa shape index (κ1) is 26.8. The third-order valence-corrected chi connectivity index (χ3v) is 9.03. The molecule has 10 nitrogen and oxygen atoms in total. The molecule has 0 unspecified atom stereocenters. The van der Waals surface area contributed by atoms with E-state index in [9.17, 15) is 4.79 Å². The number of pyridine rings is 1. The molecular weight excluding hydrogens is 535 g/mol. The van der Waals surface area contributed by atoms with E-state index in [0.29, 0.717) is 28.2 Å². The number of hydrogen-bond acceptors (Lipinski definition) is 8. The Morgan fingerprint density at radius 3 is 2.50 bits per heavy atom. The fraction of sp³-hybridized carbons (Fsp3) is 0.419. The molecule has 3 aromatic heterocycles. The molecule has 3 aliphatic heterocycles. The van der Waals surface area contributed by atoms with E-state index in [1.807, 2.05) is 12.1 Å². The molecule has 1 aromatic carbocycles. The highest BCUT2D eigenvalue weighted by Gasteiger charge is 2.42. The van der Waals surface area contributed by atoms with Crippen LogP contribution in [0.3, 0.4) is 0 Å². The summed E-state index contributed by atoms with van der Waals surface area (Å²) in [6, 6.07) is 13.4. The molecule has 0 atom stereocenters. The zero-order valence-corrected chi connectivity index (χ0v) is 23.6. The van der Waals surface area contributed by atoms with E-state index in [1.165, 1.54) is 42.2 Å². The Morgan fingerprint density at radius 1 is 1.05 bits per heavy atom. The highest BCUT2D eigenvalue weighted by atomic mass is 19.1. The monoisotopic (exact) mass is 570 g/mol. The minimum Gasteiger partial charge on any atom is -0.374 e. The van der Waals surface area contributed by atoms with Gasteiger partial charge in [-0.1, -0.05) is 12.1 Å². The number of rotatable bonds is 7. The van der Waals surface area contributed by atoms with Crippen LogP contribution in [0.1, 0.15) is 31.4 Å².